The molecule has 4 heterocycles. The van der Waals surface area contributed by atoms with E-state index in [1.54, 1.807) is 21.3 Å². The van der Waals surface area contributed by atoms with Gasteiger partial charge in [-0.1, -0.05) is 24.3 Å². The third-order valence-corrected chi connectivity index (χ3v) is 6.27. The van der Waals surface area contributed by atoms with Crippen molar-refractivity contribution in [2.24, 2.45) is 0 Å². The van der Waals surface area contributed by atoms with Crippen molar-refractivity contribution in [3.63, 3.8) is 0 Å². The molecule has 2 aromatic carbocycles. The Bertz CT molecular complexity index is 1460. The van der Waals surface area contributed by atoms with Gasteiger partial charge in [0.05, 0.1) is 34.3 Å². The Morgan fingerprint density at radius 2 is 1.09 bits per heavy atom. The number of aliphatic hydroxyl groups excluding tert-OH is 2. The van der Waals surface area contributed by atoms with E-state index in [9.17, 15) is 19.8 Å². The predicted molar refractivity (Wildman–Crippen MR) is 132 cm³/mol. The zero-order valence-electron chi connectivity index (χ0n) is 18.5. The van der Waals surface area contributed by atoms with Gasteiger partial charge in [0.25, 0.3) is 11.1 Å². The average Bonchev–Trinajstić information content (AvgIpc) is 2.89. The van der Waals surface area contributed by atoms with Crippen molar-refractivity contribution in [1.82, 2.24) is 19.1 Å². The van der Waals surface area contributed by atoms with Crippen molar-refractivity contribution in [1.29, 1.82) is 0 Å². The summed E-state index contributed by atoms with van der Waals surface area (Å²) in [6.45, 7) is 1.34. The first-order chi connectivity index (χ1) is 16.6. The summed E-state index contributed by atoms with van der Waals surface area (Å²) in [6, 6.07) is 14.6. The summed E-state index contributed by atoms with van der Waals surface area (Å²) in [5.74, 6) is 1.20. The summed E-state index contributed by atoms with van der Waals surface area (Å²) in [5.41, 5.74) is 2.79. The fourth-order valence-electron chi connectivity index (χ4n) is 4.56. The molecular weight excluding hydrogens is 432 g/mol. The lowest BCUT2D eigenvalue weighted by atomic mass is 10.1. The minimum Gasteiger partial charge on any atom is -0.515 e. The molecule has 172 valence electrons. The van der Waals surface area contributed by atoms with E-state index in [0.29, 0.717) is 46.5 Å². The zero-order chi connectivity index (χ0) is 23.7. The largest absolute Gasteiger partial charge is 0.515 e. The molecule has 2 aliphatic heterocycles. The molecule has 0 spiro atoms. The molecule has 0 unspecified atom stereocenters. The van der Waals surface area contributed by atoms with E-state index in [1.807, 2.05) is 36.4 Å². The summed E-state index contributed by atoms with van der Waals surface area (Å²) in [6.07, 6.45) is 5.37. The number of fused-ring (bicyclic) bond motifs is 4. The van der Waals surface area contributed by atoms with Gasteiger partial charge in [0.1, 0.15) is 11.6 Å². The molecule has 0 radical (unpaired) electrons. The topological polar surface area (TPSA) is 110 Å². The molecule has 0 atom stereocenters. The fourth-order valence-corrected chi connectivity index (χ4v) is 4.56. The Hall–Kier alpha value is -4.20. The van der Waals surface area contributed by atoms with E-state index in [-0.39, 0.29) is 11.1 Å². The number of aliphatic hydroxyl groups is 2. The number of nitrogens with zero attached hydrogens (tertiary/aromatic N) is 4. The monoisotopic (exact) mass is 456 g/mol. The van der Waals surface area contributed by atoms with Gasteiger partial charge >= 0.3 is 0 Å². The molecule has 0 bridgehead atoms. The summed E-state index contributed by atoms with van der Waals surface area (Å²) in [7, 11) is 0. The lowest BCUT2D eigenvalue weighted by molar-refractivity contribution is 0.467. The smallest absolute Gasteiger partial charge is 0.261 e. The fraction of sp³-hybridized carbons (Fsp3) is 0.231. The number of hydrogen-bond acceptors (Lipinski definition) is 6. The van der Waals surface area contributed by atoms with E-state index < -0.39 is 0 Å². The SMILES string of the molecule is O=c1c2ccccc2nc2n1CCC/C2=C/O.O=c1c2ccccc2nc2n1CCC/C2=C/O. The lowest BCUT2D eigenvalue weighted by Crippen LogP contribution is -2.27. The third-order valence-electron chi connectivity index (χ3n) is 6.27. The molecule has 4 aromatic rings. The van der Waals surface area contributed by atoms with Crippen molar-refractivity contribution in [2.75, 3.05) is 0 Å². The molecule has 0 saturated carbocycles. The minimum absolute atomic E-state index is 0.0235. The molecule has 2 aromatic heterocycles. The Labute approximate surface area is 194 Å². The Kier molecular flexibility index (Phi) is 5.71. The molecule has 2 aliphatic rings. The maximum absolute atomic E-state index is 12.2. The van der Waals surface area contributed by atoms with Crippen LogP contribution in [-0.4, -0.2) is 29.3 Å². The first-order valence-electron chi connectivity index (χ1n) is 11.3. The van der Waals surface area contributed by atoms with Gasteiger partial charge < -0.3 is 10.2 Å². The summed E-state index contributed by atoms with van der Waals surface area (Å²) < 4.78 is 3.29. The molecule has 2 N–H and O–H groups in total. The molecular formula is C26H24N4O4. The van der Waals surface area contributed by atoms with Crippen molar-refractivity contribution >= 4 is 33.0 Å². The second-order valence-electron chi connectivity index (χ2n) is 8.33. The molecule has 0 aliphatic carbocycles. The molecule has 0 fully saturated rings. The zero-order valence-corrected chi connectivity index (χ0v) is 18.5. The van der Waals surface area contributed by atoms with Crippen LogP contribution in [-0.2, 0) is 13.1 Å². The molecule has 0 amide bonds. The maximum atomic E-state index is 12.2. The number of benzene rings is 2. The Balaban J connectivity index is 0.000000142. The van der Waals surface area contributed by atoms with Crippen LogP contribution in [0.1, 0.15) is 37.3 Å². The van der Waals surface area contributed by atoms with Crippen LogP contribution in [0, 0.1) is 0 Å². The normalized spacial score (nSPS) is 17.3. The quantitative estimate of drug-likeness (QED) is 0.384. The Morgan fingerprint density at radius 1 is 0.676 bits per heavy atom. The van der Waals surface area contributed by atoms with Crippen LogP contribution in [0.25, 0.3) is 33.0 Å². The van der Waals surface area contributed by atoms with Gasteiger partial charge in [0, 0.05) is 24.2 Å². The Morgan fingerprint density at radius 3 is 1.50 bits per heavy atom. The van der Waals surface area contributed by atoms with Gasteiger partial charge in [0.2, 0.25) is 0 Å². The molecule has 8 nitrogen and oxygen atoms in total. The van der Waals surface area contributed by atoms with Crippen LogP contribution in [0.3, 0.4) is 0 Å². The maximum Gasteiger partial charge on any atom is 0.261 e. The van der Waals surface area contributed by atoms with Crippen molar-refractivity contribution in [2.45, 2.75) is 38.8 Å². The summed E-state index contributed by atoms with van der Waals surface area (Å²) in [4.78, 5) is 33.4. The summed E-state index contributed by atoms with van der Waals surface area (Å²) in [5, 5.41) is 19.6. The molecule has 34 heavy (non-hydrogen) atoms. The van der Waals surface area contributed by atoms with Crippen LogP contribution >= 0.6 is 0 Å². The molecule has 0 saturated heterocycles. The van der Waals surface area contributed by atoms with Gasteiger partial charge in [-0.05, 0) is 49.9 Å². The highest BCUT2D eigenvalue weighted by Crippen LogP contribution is 2.25. The van der Waals surface area contributed by atoms with Crippen LogP contribution in [0.5, 0.6) is 0 Å². The van der Waals surface area contributed by atoms with E-state index in [0.717, 1.165) is 49.4 Å². The number of rotatable bonds is 0. The number of aromatic nitrogens is 4. The van der Waals surface area contributed by atoms with Crippen LogP contribution in [0.15, 0.2) is 70.6 Å². The number of allylic oxidation sites excluding steroid dienone is 2. The number of hydrogen-bond donors (Lipinski definition) is 2. The average molecular weight is 457 g/mol. The van der Waals surface area contributed by atoms with Crippen LogP contribution < -0.4 is 11.1 Å². The minimum atomic E-state index is -0.0235. The van der Waals surface area contributed by atoms with Crippen molar-refractivity contribution in [3.8, 4) is 0 Å². The third kappa shape index (κ3) is 3.67. The van der Waals surface area contributed by atoms with Gasteiger partial charge in [-0.2, -0.15) is 0 Å². The van der Waals surface area contributed by atoms with Gasteiger partial charge in [-0.25, -0.2) is 9.97 Å². The van der Waals surface area contributed by atoms with Crippen LogP contribution in [0.4, 0.5) is 0 Å². The predicted octanol–water partition coefficient (Wildman–Crippen LogP) is 4.18. The highest BCUT2D eigenvalue weighted by molar-refractivity contribution is 5.80. The lowest BCUT2D eigenvalue weighted by Gasteiger charge is -2.19. The van der Waals surface area contributed by atoms with Crippen molar-refractivity contribution in [3.05, 3.63) is 93.4 Å². The first-order valence-corrected chi connectivity index (χ1v) is 11.3. The van der Waals surface area contributed by atoms with Gasteiger partial charge in [-0.3, -0.25) is 18.7 Å². The molecule has 6 rings (SSSR count). The second-order valence-corrected chi connectivity index (χ2v) is 8.33. The second kappa shape index (κ2) is 8.97. The highest BCUT2D eigenvalue weighted by atomic mass is 16.2. The summed E-state index contributed by atoms with van der Waals surface area (Å²) >= 11 is 0. The number of para-hydroxylation sites is 2. The van der Waals surface area contributed by atoms with E-state index in [4.69, 9.17) is 0 Å². The van der Waals surface area contributed by atoms with E-state index >= 15 is 0 Å². The highest BCUT2D eigenvalue weighted by Gasteiger charge is 2.19. The van der Waals surface area contributed by atoms with Gasteiger partial charge in [-0.15, -0.1) is 0 Å². The van der Waals surface area contributed by atoms with Crippen LogP contribution in [0.2, 0.25) is 0 Å². The van der Waals surface area contributed by atoms with Gasteiger partial charge in [0.15, 0.2) is 0 Å². The first kappa shape index (κ1) is 21.6. The van der Waals surface area contributed by atoms with E-state index in [1.165, 1.54) is 0 Å². The van der Waals surface area contributed by atoms with Crippen molar-refractivity contribution < 1.29 is 10.2 Å². The standard InChI is InChI=1S/2C13H12N2O2/c2*16-8-9-4-3-7-15-12(9)14-11-6-2-1-5-10(11)13(15)17/h2*1-2,5-6,8,16H,3-4,7H2/b2*9-8-. The molecule has 8 heteroatoms. The van der Waals surface area contributed by atoms with E-state index in [2.05, 4.69) is 9.97 Å².